The fourth-order valence-electron chi connectivity index (χ4n) is 2.99. The summed E-state index contributed by atoms with van der Waals surface area (Å²) in [4.78, 5) is 4.49. The molecule has 2 aromatic rings. The van der Waals surface area contributed by atoms with Crippen LogP contribution in [-0.2, 0) is 0 Å². The molecule has 0 bridgehead atoms. The monoisotopic (exact) mass is 244 g/mol. The molecule has 3 N–H and O–H groups in total. The number of nitrogens with zero attached hydrogens (tertiary/aromatic N) is 2. The van der Waals surface area contributed by atoms with Crippen LogP contribution in [0.15, 0.2) is 30.6 Å². The molecule has 0 aliphatic carbocycles. The van der Waals surface area contributed by atoms with E-state index in [0.717, 1.165) is 25.2 Å². The molecule has 3 unspecified atom stereocenters. The van der Waals surface area contributed by atoms with Gasteiger partial charge in [-0.1, -0.05) is 6.07 Å². The molecule has 0 saturated carbocycles. The molecule has 1 aliphatic heterocycles. The summed E-state index contributed by atoms with van der Waals surface area (Å²) in [6.07, 6.45) is 5.24. The number of nitrogens with one attached hydrogen (secondary N) is 1. The van der Waals surface area contributed by atoms with E-state index in [1.807, 2.05) is 18.3 Å². The van der Waals surface area contributed by atoms with Gasteiger partial charge in [-0.15, -0.1) is 0 Å². The first kappa shape index (κ1) is 11.7. The molecule has 0 aromatic carbocycles. The number of fused-ring (bicyclic) bond motifs is 1. The summed E-state index contributed by atoms with van der Waals surface area (Å²) >= 11 is 0. The Kier molecular flexibility index (Phi) is 3.06. The third-order valence-electron chi connectivity index (χ3n) is 4.03. The second-order valence-corrected chi connectivity index (χ2v) is 5.26. The number of pyridine rings is 1. The van der Waals surface area contributed by atoms with Gasteiger partial charge < -0.3 is 15.5 Å². The van der Waals surface area contributed by atoms with Gasteiger partial charge in [-0.3, -0.25) is 0 Å². The highest BCUT2D eigenvalue weighted by Crippen LogP contribution is 2.32. The molecule has 0 spiro atoms. The Bertz CT molecular complexity index is 533. The Morgan fingerprint density at radius 3 is 3.22 bits per heavy atom. The molecule has 3 rings (SSSR count). The van der Waals surface area contributed by atoms with Gasteiger partial charge in [0.15, 0.2) is 0 Å². The Labute approximate surface area is 107 Å². The summed E-state index contributed by atoms with van der Waals surface area (Å²) in [6, 6.07) is 6.68. The van der Waals surface area contributed by atoms with Crippen LogP contribution < -0.4 is 11.1 Å². The zero-order chi connectivity index (χ0) is 12.5. The summed E-state index contributed by atoms with van der Waals surface area (Å²) in [5, 5.41) is 3.51. The lowest BCUT2D eigenvalue weighted by molar-refractivity contribution is 0.280. The van der Waals surface area contributed by atoms with E-state index >= 15 is 0 Å². The minimum absolute atomic E-state index is 0.501. The van der Waals surface area contributed by atoms with Gasteiger partial charge in [-0.2, -0.15) is 0 Å². The van der Waals surface area contributed by atoms with Crippen LogP contribution in [0.2, 0.25) is 0 Å². The molecule has 96 valence electrons. The number of imidazole rings is 1. The second-order valence-electron chi connectivity index (χ2n) is 5.26. The predicted molar refractivity (Wildman–Crippen MR) is 72.6 cm³/mol. The predicted octanol–water partition coefficient (Wildman–Crippen LogP) is 1.37. The molecule has 18 heavy (non-hydrogen) atoms. The minimum atomic E-state index is 0.501. The van der Waals surface area contributed by atoms with Crippen molar-refractivity contribution < 1.29 is 0 Å². The Morgan fingerprint density at radius 1 is 1.50 bits per heavy atom. The zero-order valence-electron chi connectivity index (χ0n) is 10.7. The van der Waals surface area contributed by atoms with E-state index in [0.29, 0.717) is 17.9 Å². The standard InChI is InChI=1S/C14H20N4/c1-10-6-12(11(7-15)8-16-10)13-9-17-14-4-2-3-5-18(13)14/h2-5,9-12,16H,6-8,15H2,1H3. The Hall–Kier alpha value is -1.39. The molecule has 0 amide bonds. The van der Waals surface area contributed by atoms with E-state index in [9.17, 15) is 0 Å². The van der Waals surface area contributed by atoms with Crippen molar-refractivity contribution in [1.82, 2.24) is 14.7 Å². The first-order valence-corrected chi connectivity index (χ1v) is 6.65. The lowest BCUT2D eigenvalue weighted by atomic mass is 9.81. The van der Waals surface area contributed by atoms with Gasteiger partial charge in [0.2, 0.25) is 0 Å². The van der Waals surface area contributed by atoms with Crippen molar-refractivity contribution in [3.05, 3.63) is 36.3 Å². The van der Waals surface area contributed by atoms with Crippen LogP contribution in [0.3, 0.4) is 0 Å². The van der Waals surface area contributed by atoms with Crippen LogP contribution >= 0.6 is 0 Å². The van der Waals surface area contributed by atoms with Gasteiger partial charge in [0.05, 0.1) is 0 Å². The average molecular weight is 244 g/mol. The highest BCUT2D eigenvalue weighted by molar-refractivity contribution is 5.40. The molecule has 4 heteroatoms. The molecule has 1 fully saturated rings. The number of hydrogen-bond donors (Lipinski definition) is 2. The van der Waals surface area contributed by atoms with Crippen molar-refractivity contribution in [2.45, 2.75) is 25.3 Å². The van der Waals surface area contributed by atoms with E-state index in [1.165, 1.54) is 5.69 Å². The first-order chi connectivity index (χ1) is 8.79. The van der Waals surface area contributed by atoms with E-state index in [2.05, 4.69) is 33.9 Å². The molecule has 4 nitrogen and oxygen atoms in total. The smallest absolute Gasteiger partial charge is 0.136 e. The van der Waals surface area contributed by atoms with Crippen LogP contribution in [0, 0.1) is 5.92 Å². The summed E-state index contributed by atoms with van der Waals surface area (Å²) in [6.45, 7) is 3.97. The van der Waals surface area contributed by atoms with Gasteiger partial charge in [0.1, 0.15) is 5.65 Å². The van der Waals surface area contributed by atoms with Gasteiger partial charge in [-0.25, -0.2) is 4.98 Å². The van der Waals surface area contributed by atoms with Gasteiger partial charge in [-0.05, 0) is 37.9 Å². The number of nitrogens with two attached hydrogens (primary N) is 1. The van der Waals surface area contributed by atoms with E-state index in [-0.39, 0.29) is 0 Å². The lowest BCUT2D eigenvalue weighted by Crippen LogP contribution is -2.44. The summed E-state index contributed by atoms with van der Waals surface area (Å²) in [7, 11) is 0. The van der Waals surface area contributed by atoms with Crippen LogP contribution in [0.25, 0.3) is 5.65 Å². The van der Waals surface area contributed by atoms with Crippen molar-refractivity contribution >= 4 is 5.65 Å². The molecular formula is C14H20N4. The first-order valence-electron chi connectivity index (χ1n) is 6.65. The molecule has 1 aliphatic rings. The molecule has 2 aromatic heterocycles. The highest BCUT2D eigenvalue weighted by atomic mass is 15.0. The van der Waals surface area contributed by atoms with Crippen molar-refractivity contribution in [2.24, 2.45) is 11.7 Å². The van der Waals surface area contributed by atoms with Crippen LogP contribution in [-0.4, -0.2) is 28.5 Å². The van der Waals surface area contributed by atoms with E-state index < -0.39 is 0 Å². The van der Waals surface area contributed by atoms with Crippen molar-refractivity contribution in [2.75, 3.05) is 13.1 Å². The maximum atomic E-state index is 5.92. The largest absolute Gasteiger partial charge is 0.330 e. The van der Waals surface area contributed by atoms with Crippen LogP contribution in [0.5, 0.6) is 0 Å². The van der Waals surface area contributed by atoms with E-state index in [1.54, 1.807) is 0 Å². The topological polar surface area (TPSA) is 55.4 Å². The average Bonchev–Trinajstić information content (AvgIpc) is 2.82. The maximum Gasteiger partial charge on any atom is 0.136 e. The number of rotatable bonds is 2. The summed E-state index contributed by atoms with van der Waals surface area (Å²) < 4.78 is 2.20. The summed E-state index contributed by atoms with van der Waals surface area (Å²) in [5.41, 5.74) is 8.24. The fraction of sp³-hybridized carbons (Fsp3) is 0.500. The number of piperidine rings is 1. The molecule has 3 heterocycles. The fourth-order valence-corrected chi connectivity index (χ4v) is 2.99. The number of hydrogen-bond acceptors (Lipinski definition) is 3. The van der Waals surface area contributed by atoms with Gasteiger partial charge in [0, 0.05) is 36.6 Å². The van der Waals surface area contributed by atoms with E-state index in [4.69, 9.17) is 5.73 Å². The quantitative estimate of drug-likeness (QED) is 0.839. The molecule has 1 saturated heterocycles. The third kappa shape index (κ3) is 1.91. The van der Waals surface area contributed by atoms with Crippen molar-refractivity contribution in [1.29, 1.82) is 0 Å². The van der Waals surface area contributed by atoms with Crippen LogP contribution in [0.1, 0.15) is 25.0 Å². The zero-order valence-corrected chi connectivity index (χ0v) is 10.7. The van der Waals surface area contributed by atoms with Crippen LogP contribution in [0.4, 0.5) is 0 Å². The summed E-state index contributed by atoms with van der Waals surface area (Å²) in [5.74, 6) is 1.00. The normalized spacial score (nSPS) is 28.7. The minimum Gasteiger partial charge on any atom is -0.330 e. The SMILES string of the molecule is CC1CC(c2cnc3ccccn23)C(CN)CN1. The molecule has 3 atom stereocenters. The molecule has 0 radical (unpaired) electrons. The maximum absolute atomic E-state index is 5.92. The third-order valence-corrected chi connectivity index (χ3v) is 4.03. The Morgan fingerprint density at radius 2 is 2.39 bits per heavy atom. The van der Waals surface area contributed by atoms with Crippen molar-refractivity contribution in [3.63, 3.8) is 0 Å². The second kappa shape index (κ2) is 4.71. The van der Waals surface area contributed by atoms with Gasteiger partial charge >= 0.3 is 0 Å². The highest BCUT2D eigenvalue weighted by Gasteiger charge is 2.30. The number of aromatic nitrogens is 2. The lowest BCUT2D eigenvalue weighted by Gasteiger charge is -2.34. The Balaban J connectivity index is 2.01. The van der Waals surface area contributed by atoms with Crippen molar-refractivity contribution in [3.8, 4) is 0 Å². The molecular weight excluding hydrogens is 224 g/mol. The van der Waals surface area contributed by atoms with Gasteiger partial charge in [0.25, 0.3) is 0 Å².